The summed E-state index contributed by atoms with van der Waals surface area (Å²) in [7, 11) is 0. The molecule has 1 aliphatic heterocycles. The molecule has 1 aromatic carbocycles. The Hall–Kier alpha value is -2.57. The number of hydrogen-bond acceptors (Lipinski definition) is 4. The zero-order chi connectivity index (χ0) is 18.0. The van der Waals surface area contributed by atoms with Crippen LogP contribution in [0.15, 0.2) is 18.2 Å². The summed E-state index contributed by atoms with van der Waals surface area (Å²) in [5.41, 5.74) is 1.32. The Bertz CT molecular complexity index is 671. The highest BCUT2D eigenvalue weighted by Crippen LogP contribution is 2.38. The highest BCUT2D eigenvalue weighted by molar-refractivity contribution is 5.95. The van der Waals surface area contributed by atoms with Crippen molar-refractivity contribution in [2.75, 3.05) is 4.90 Å². The molecule has 1 aliphatic rings. The van der Waals surface area contributed by atoms with Crippen LogP contribution in [0.5, 0.6) is 0 Å². The van der Waals surface area contributed by atoms with Crippen LogP contribution in [0.2, 0.25) is 0 Å². The number of anilines is 1. The lowest BCUT2D eigenvalue weighted by Gasteiger charge is -2.39. The van der Waals surface area contributed by atoms with Gasteiger partial charge in [0, 0.05) is 18.7 Å². The lowest BCUT2D eigenvalue weighted by Crippen LogP contribution is -2.45. The van der Waals surface area contributed by atoms with Crippen LogP contribution >= 0.6 is 0 Å². The topological polar surface area (TPSA) is 95.9 Å². The number of rotatable bonds is 3. The molecule has 2 amide bonds. The van der Waals surface area contributed by atoms with Gasteiger partial charge >= 0.3 is 12.1 Å². The molecule has 0 saturated heterocycles. The van der Waals surface area contributed by atoms with Gasteiger partial charge in [-0.1, -0.05) is 0 Å². The molecule has 0 radical (unpaired) electrons. The number of benzene rings is 1. The Morgan fingerprint density at radius 3 is 2.54 bits per heavy atom. The number of nitrogens with zero attached hydrogens (tertiary/aromatic N) is 1. The average Bonchev–Trinajstić information content (AvgIpc) is 2.45. The molecule has 2 rings (SSSR count). The van der Waals surface area contributed by atoms with Crippen molar-refractivity contribution < 1.29 is 24.2 Å². The molecule has 0 saturated carbocycles. The van der Waals surface area contributed by atoms with E-state index in [0.29, 0.717) is 17.7 Å². The van der Waals surface area contributed by atoms with Gasteiger partial charge < -0.3 is 20.1 Å². The normalized spacial score (nSPS) is 19.6. The zero-order valence-electron chi connectivity index (χ0n) is 14.2. The number of fused-ring (bicyclic) bond motifs is 1. The number of aromatic carboxylic acids is 1. The number of carboxylic acids is 1. The van der Waals surface area contributed by atoms with Gasteiger partial charge in [0.15, 0.2) is 0 Å². The molecule has 2 atom stereocenters. The van der Waals surface area contributed by atoms with Crippen LogP contribution < -0.4 is 10.2 Å². The monoisotopic (exact) mass is 334 g/mol. The summed E-state index contributed by atoms with van der Waals surface area (Å²) in [5.74, 6) is -1.19. The van der Waals surface area contributed by atoms with Gasteiger partial charge in [-0.3, -0.25) is 4.79 Å². The fourth-order valence-corrected chi connectivity index (χ4v) is 3.00. The number of alkyl carbamates (subject to hydrolysis) is 1. The minimum absolute atomic E-state index is 0.107. The third-order valence-corrected chi connectivity index (χ3v) is 3.90. The number of amides is 2. The van der Waals surface area contributed by atoms with Gasteiger partial charge in [-0.2, -0.15) is 0 Å². The molecule has 7 nitrogen and oxygen atoms in total. The molecule has 130 valence electrons. The third kappa shape index (κ3) is 3.67. The van der Waals surface area contributed by atoms with Crippen LogP contribution in [0, 0.1) is 0 Å². The minimum atomic E-state index is -1.06. The predicted molar refractivity (Wildman–Crippen MR) is 88.1 cm³/mol. The third-order valence-electron chi connectivity index (χ3n) is 3.90. The molecule has 24 heavy (non-hydrogen) atoms. The fraction of sp³-hybridized carbons (Fsp3) is 0.471. The summed E-state index contributed by atoms with van der Waals surface area (Å²) in [6, 6.07) is 4.02. The molecule has 0 fully saturated rings. The highest BCUT2D eigenvalue weighted by atomic mass is 16.6. The Morgan fingerprint density at radius 2 is 2.00 bits per heavy atom. The van der Waals surface area contributed by atoms with Gasteiger partial charge in [0.2, 0.25) is 5.91 Å². The van der Waals surface area contributed by atoms with Crippen molar-refractivity contribution >= 4 is 23.7 Å². The first kappa shape index (κ1) is 17.8. The van der Waals surface area contributed by atoms with Crippen molar-refractivity contribution in [1.82, 2.24) is 5.32 Å². The van der Waals surface area contributed by atoms with E-state index in [0.717, 1.165) is 0 Å². The minimum Gasteiger partial charge on any atom is -0.478 e. The van der Waals surface area contributed by atoms with Crippen molar-refractivity contribution in [3.05, 3.63) is 29.3 Å². The molecule has 2 unspecified atom stereocenters. The quantitative estimate of drug-likeness (QED) is 0.886. The Morgan fingerprint density at radius 1 is 1.33 bits per heavy atom. The van der Waals surface area contributed by atoms with Gasteiger partial charge in [0.1, 0.15) is 0 Å². The van der Waals surface area contributed by atoms with Crippen molar-refractivity contribution in [2.45, 2.75) is 52.3 Å². The smallest absolute Gasteiger partial charge is 0.407 e. The van der Waals surface area contributed by atoms with Gasteiger partial charge in [0.25, 0.3) is 0 Å². The maximum atomic E-state index is 12.0. The average molecular weight is 334 g/mol. The van der Waals surface area contributed by atoms with Gasteiger partial charge in [0.05, 0.1) is 17.7 Å². The number of carbonyl (C=O) groups is 3. The van der Waals surface area contributed by atoms with E-state index in [-0.39, 0.29) is 23.6 Å². The second-order valence-electron chi connectivity index (χ2n) is 6.20. The van der Waals surface area contributed by atoms with Crippen LogP contribution in [0.3, 0.4) is 0 Å². The van der Waals surface area contributed by atoms with E-state index in [1.165, 1.54) is 19.1 Å². The summed E-state index contributed by atoms with van der Waals surface area (Å²) in [4.78, 5) is 36.8. The summed E-state index contributed by atoms with van der Waals surface area (Å²) >= 11 is 0. The lowest BCUT2D eigenvalue weighted by molar-refractivity contribution is -0.117. The van der Waals surface area contributed by atoms with Gasteiger partial charge in [-0.15, -0.1) is 0 Å². The second-order valence-corrected chi connectivity index (χ2v) is 6.20. The summed E-state index contributed by atoms with van der Waals surface area (Å²) in [6.07, 6.45) is -0.349. The lowest BCUT2D eigenvalue weighted by atomic mass is 9.90. The van der Waals surface area contributed by atoms with E-state index in [2.05, 4.69) is 5.32 Å². The van der Waals surface area contributed by atoms with Crippen molar-refractivity contribution in [1.29, 1.82) is 0 Å². The Labute approximate surface area is 140 Å². The Balaban J connectivity index is 2.42. The maximum Gasteiger partial charge on any atom is 0.407 e. The van der Waals surface area contributed by atoms with Gasteiger partial charge in [-0.05, 0) is 51.0 Å². The molecule has 0 bridgehead atoms. The van der Waals surface area contributed by atoms with Crippen LogP contribution in [-0.4, -0.2) is 35.2 Å². The van der Waals surface area contributed by atoms with Crippen LogP contribution in [0.1, 0.15) is 56.1 Å². The standard InChI is InChI=1S/C17H22N2O5/c1-9(2)24-17(23)18-14-7-10(3)19(11(4)20)15-6-5-12(16(21)22)8-13(14)15/h5-6,8-10,14H,7H2,1-4H3,(H,18,23)(H,21,22). The van der Waals surface area contributed by atoms with E-state index < -0.39 is 18.1 Å². The van der Waals surface area contributed by atoms with E-state index in [1.54, 1.807) is 24.8 Å². The maximum absolute atomic E-state index is 12.0. The molecule has 1 heterocycles. The molecular formula is C17H22N2O5. The number of nitrogens with one attached hydrogen (secondary N) is 1. The number of carbonyl (C=O) groups excluding carboxylic acids is 2. The van der Waals surface area contributed by atoms with E-state index in [9.17, 15) is 19.5 Å². The molecule has 7 heteroatoms. The summed E-state index contributed by atoms with van der Waals surface area (Å²) in [6.45, 7) is 6.85. The van der Waals surface area contributed by atoms with Crippen LogP contribution in [0.4, 0.5) is 10.5 Å². The van der Waals surface area contributed by atoms with Crippen LogP contribution in [0.25, 0.3) is 0 Å². The van der Waals surface area contributed by atoms with E-state index >= 15 is 0 Å². The van der Waals surface area contributed by atoms with Gasteiger partial charge in [-0.25, -0.2) is 9.59 Å². The largest absolute Gasteiger partial charge is 0.478 e. The molecule has 1 aromatic rings. The highest BCUT2D eigenvalue weighted by Gasteiger charge is 2.34. The molecule has 0 aromatic heterocycles. The van der Waals surface area contributed by atoms with Crippen molar-refractivity contribution in [2.24, 2.45) is 0 Å². The first-order valence-corrected chi connectivity index (χ1v) is 7.85. The SMILES string of the molecule is CC(=O)N1c2ccc(C(=O)O)cc2C(NC(=O)OC(C)C)CC1C. The summed E-state index contributed by atoms with van der Waals surface area (Å²) < 4.78 is 5.11. The zero-order valence-corrected chi connectivity index (χ0v) is 14.2. The fourth-order valence-electron chi connectivity index (χ4n) is 3.00. The van der Waals surface area contributed by atoms with Crippen LogP contribution in [-0.2, 0) is 9.53 Å². The van der Waals surface area contributed by atoms with Crippen molar-refractivity contribution in [3.8, 4) is 0 Å². The first-order valence-electron chi connectivity index (χ1n) is 7.85. The van der Waals surface area contributed by atoms with E-state index in [4.69, 9.17) is 4.74 Å². The second kappa shape index (κ2) is 6.90. The molecule has 0 spiro atoms. The molecular weight excluding hydrogens is 312 g/mol. The molecule has 0 aliphatic carbocycles. The number of carboxylic acid groups (broad SMARTS) is 1. The van der Waals surface area contributed by atoms with Crippen molar-refractivity contribution in [3.63, 3.8) is 0 Å². The number of ether oxygens (including phenoxy) is 1. The Kier molecular flexibility index (Phi) is 5.11. The summed E-state index contributed by atoms with van der Waals surface area (Å²) in [5, 5.41) is 12.0. The predicted octanol–water partition coefficient (Wildman–Crippen LogP) is 2.71. The first-order chi connectivity index (χ1) is 11.2. The van der Waals surface area contributed by atoms with E-state index in [1.807, 2.05) is 6.92 Å². The molecule has 2 N–H and O–H groups in total. The number of hydrogen-bond donors (Lipinski definition) is 2.